The molecule has 6 nitrogen and oxygen atoms in total. The van der Waals surface area contributed by atoms with Crippen LogP contribution < -0.4 is 5.32 Å². The van der Waals surface area contributed by atoms with Crippen molar-refractivity contribution in [3.63, 3.8) is 0 Å². The smallest absolute Gasteiger partial charge is 0.305 e. The molecule has 1 heterocycles. The Morgan fingerprint density at radius 1 is 1.38 bits per heavy atom. The predicted octanol–water partition coefficient (Wildman–Crippen LogP) is 2.23. The molecule has 1 aromatic rings. The predicted molar refractivity (Wildman–Crippen MR) is 61.2 cm³/mol. The SMILES string of the molecule is CC(Nc1ncc([N+](=O)[O-])cn1)C(C)(C)C. The summed E-state index contributed by atoms with van der Waals surface area (Å²) in [6.07, 6.45) is 2.40. The zero-order valence-electron chi connectivity index (χ0n) is 9.89. The van der Waals surface area contributed by atoms with Gasteiger partial charge in [-0.1, -0.05) is 20.8 Å². The van der Waals surface area contributed by atoms with E-state index >= 15 is 0 Å². The third kappa shape index (κ3) is 3.15. The molecule has 1 rings (SSSR count). The Morgan fingerprint density at radius 3 is 2.25 bits per heavy atom. The van der Waals surface area contributed by atoms with E-state index in [4.69, 9.17) is 0 Å². The Morgan fingerprint density at radius 2 is 1.88 bits per heavy atom. The third-order valence-corrected chi connectivity index (χ3v) is 2.49. The highest BCUT2D eigenvalue weighted by atomic mass is 16.6. The van der Waals surface area contributed by atoms with Crippen molar-refractivity contribution >= 4 is 11.6 Å². The van der Waals surface area contributed by atoms with E-state index in [-0.39, 0.29) is 17.1 Å². The first-order chi connectivity index (χ1) is 7.30. The van der Waals surface area contributed by atoms with Crippen LogP contribution in [0.4, 0.5) is 11.6 Å². The summed E-state index contributed by atoms with van der Waals surface area (Å²) in [5, 5.41) is 13.5. The van der Waals surface area contributed by atoms with Crippen LogP contribution in [0.15, 0.2) is 12.4 Å². The van der Waals surface area contributed by atoms with Crippen molar-refractivity contribution in [3.8, 4) is 0 Å². The van der Waals surface area contributed by atoms with Crippen LogP contribution >= 0.6 is 0 Å². The van der Waals surface area contributed by atoms with Gasteiger partial charge in [0.2, 0.25) is 5.95 Å². The lowest BCUT2D eigenvalue weighted by molar-refractivity contribution is -0.385. The second-order valence-corrected chi connectivity index (χ2v) is 4.75. The Hall–Kier alpha value is -1.72. The Bertz CT molecular complexity index is 369. The zero-order chi connectivity index (χ0) is 12.3. The van der Waals surface area contributed by atoms with Crippen LogP contribution in [0, 0.1) is 15.5 Å². The van der Waals surface area contributed by atoms with Crippen LogP contribution in [0.1, 0.15) is 27.7 Å². The number of hydrogen-bond acceptors (Lipinski definition) is 5. The summed E-state index contributed by atoms with van der Waals surface area (Å²) in [5.74, 6) is 0.410. The first kappa shape index (κ1) is 12.4. The van der Waals surface area contributed by atoms with Gasteiger partial charge < -0.3 is 5.32 Å². The number of rotatable bonds is 3. The normalized spacial score (nSPS) is 13.2. The quantitative estimate of drug-likeness (QED) is 0.629. The Balaban J connectivity index is 2.73. The standard InChI is InChI=1S/C10H16N4O2/c1-7(10(2,3)4)13-9-11-5-8(6-12-9)14(15)16/h5-7H,1-4H3,(H,11,12,13). The first-order valence-corrected chi connectivity index (χ1v) is 5.03. The number of nitrogens with one attached hydrogen (secondary N) is 1. The van der Waals surface area contributed by atoms with Crippen molar-refractivity contribution in [2.45, 2.75) is 33.7 Å². The maximum absolute atomic E-state index is 10.4. The van der Waals surface area contributed by atoms with E-state index in [2.05, 4.69) is 36.1 Å². The highest BCUT2D eigenvalue weighted by Crippen LogP contribution is 2.21. The van der Waals surface area contributed by atoms with Gasteiger partial charge in [-0.15, -0.1) is 0 Å². The van der Waals surface area contributed by atoms with E-state index < -0.39 is 4.92 Å². The van der Waals surface area contributed by atoms with Gasteiger partial charge in [0.1, 0.15) is 12.4 Å². The van der Waals surface area contributed by atoms with Gasteiger partial charge in [-0.2, -0.15) is 0 Å². The largest absolute Gasteiger partial charge is 0.351 e. The maximum Gasteiger partial charge on any atom is 0.305 e. The van der Waals surface area contributed by atoms with Crippen LogP contribution in [0.25, 0.3) is 0 Å². The second-order valence-electron chi connectivity index (χ2n) is 4.75. The Kier molecular flexibility index (Phi) is 3.41. The number of nitrogens with zero attached hydrogens (tertiary/aromatic N) is 3. The molecule has 16 heavy (non-hydrogen) atoms. The molecule has 1 N–H and O–H groups in total. The van der Waals surface area contributed by atoms with Gasteiger partial charge in [0.05, 0.1) is 4.92 Å². The van der Waals surface area contributed by atoms with Gasteiger partial charge in [-0.05, 0) is 12.3 Å². The molecule has 1 atom stereocenters. The van der Waals surface area contributed by atoms with Crippen molar-refractivity contribution in [3.05, 3.63) is 22.5 Å². The van der Waals surface area contributed by atoms with Gasteiger partial charge in [0, 0.05) is 6.04 Å². The average Bonchev–Trinajstić information content (AvgIpc) is 2.17. The summed E-state index contributed by atoms with van der Waals surface area (Å²) in [6.45, 7) is 8.30. The molecule has 0 radical (unpaired) electrons. The van der Waals surface area contributed by atoms with Gasteiger partial charge >= 0.3 is 5.69 Å². The monoisotopic (exact) mass is 224 g/mol. The number of hydrogen-bond donors (Lipinski definition) is 1. The van der Waals surface area contributed by atoms with Crippen LogP contribution in [0.3, 0.4) is 0 Å². The molecule has 88 valence electrons. The van der Waals surface area contributed by atoms with Crippen LogP contribution in [0.2, 0.25) is 0 Å². The number of nitro groups is 1. The van der Waals surface area contributed by atoms with E-state index in [1.807, 2.05) is 6.92 Å². The summed E-state index contributed by atoms with van der Waals surface area (Å²) in [6, 6.07) is 0.175. The first-order valence-electron chi connectivity index (χ1n) is 5.03. The molecule has 0 aromatic carbocycles. The summed E-state index contributed by atoms with van der Waals surface area (Å²) in [4.78, 5) is 17.7. The molecule has 0 fully saturated rings. The lowest BCUT2D eigenvalue weighted by Crippen LogP contribution is -2.31. The third-order valence-electron chi connectivity index (χ3n) is 2.49. The van der Waals surface area contributed by atoms with Crippen molar-refractivity contribution in [2.75, 3.05) is 5.32 Å². The minimum Gasteiger partial charge on any atom is -0.351 e. The van der Waals surface area contributed by atoms with Gasteiger partial charge in [0.15, 0.2) is 0 Å². The Labute approximate surface area is 94.3 Å². The zero-order valence-corrected chi connectivity index (χ0v) is 9.89. The molecular weight excluding hydrogens is 208 g/mol. The van der Waals surface area contributed by atoms with Gasteiger partial charge in [0.25, 0.3) is 0 Å². The molecule has 0 amide bonds. The molecule has 0 spiro atoms. The molecule has 1 aromatic heterocycles. The summed E-state index contributed by atoms with van der Waals surface area (Å²) >= 11 is 0. The minimum atomic E-state index is -0.517. The molecule has 0 aliphatic carbocycles. The van der Waals surface area contributed by atoms with Gasteiger partial charge in [-0.3, -0.25) is 10.1 Å². The number of aromatic nitrogens is 2. The number of anilines is 1. The van der Waals surface area contributed by atoms with Crippen LogP contribution in [-0.2, 0) is 0 Å². The molecule has 0 aliphatic rings. The highest BCUT2D eigenvalue weighted by molar-refractivity contribution is 5.31. The summed E-state index contributed by atoms with van der Waals surface area (Å²) in [5.41, 5.74) is -0.0283. The molecule has 0 aliphatic heterocycles. The van der Waals surface area contributed by atoms with E-state index in [1.165, 1.54) is 12.4 Å². The van der Waals surface area contributed by atoms with Crippen molar-refractivity contribution in [1.29, 1.82) is 0 Å². The van der Waals surface area contributed by atoms with Crippen LogP contribution in [0.5, 0.6) is 0 Å². The van der Waals surface area contributed by atoms with Crippen molar-refractivity contribution in [1.82, 2.24) is 9.97 Å². The fraction of sp³-hybridized carbons (Fsp3) is 0.600. The van der Waals surface area contributed by atoms with E-state index in [0.717, 1.165) is 0 Å². The fourth-order valence-electron chi connectivity index (χ4n) is 0.900. The molecule has 0 saturated carbocycles. The molecule has 0 bridgehead atoms. The summed E-state index contributed by atoms with van der Waals surface area (Å²) < 4.78 is 0. The van der Waals surface area contributed by atoms with Crippen LogP contribution in [-0.4, -0.2) is 20.9 Å². The molecular formula is C10H16N4O2. The second kappa shape index (κ2) is 4.42. The highest BCUT2D eigenvalue weighted by Gasteiger charge is 2.20. The van der Waals surface area contributed by atoms with E-state index in [0.29, 0.717) is 5.95 Å². The van der Waals surface area contributed by atoms with Gasteiger partial charge in [-0.25, -0.2) is 9.97 Å². The van der Waals surface area contributed by atoms with E-state index in [1.54, 1.807) is 0 Å². The average molecular weight is 224 g/mol. The maximum atomic E-state index is 10.4. The molecule has 0 saturated heterocycles. The van der Waals surface area contributed by atoms with Crippen molar-refractivity contribution in [2.24, 2.45) is 5.41 Å². The summed E-state index contributed by atoms with van der Waals surface area (Å²) in [7, 11) is 0. The topological polar surface area (TPSA) is 81.0 Å². The minimum absolute atomic E-state index is 0.0745. The lowest BCUT2D eigenvalue weighted by atomic mass is 9.88. The fourth-order valence-corrected chi connectivity index (χ4v) is 0.900. The lowest BCUT2D eigenvalue weighted by Gasteiger charge is -2.27. The molecule has 1 unspecified atom stereocenters. The molecule has 6 heteroatoms. The van der Waals surface area contributed by atoms with E-state index in [9.17, 15) is 10.1 Å². The van der Waals surface area contributed by atoms with Crippen molar-refractivity contribution < 1.29 is 4.92 Å².